The monoisotopic (exact) mass is 393 g/mol. The van der Waals surface area contributed by atoms with E-state index in [2.05, 4.69) is 29.3 Å². The molecule has 1 fully saturated rings. The molecule has 0 spiro atoms. The Morgan fingerprint density at radius 2 is 1.93 bits per heavy atom. The maximum Gasteiger partial charge on any atom is 0.237 e. The molecule has 2 aliphatic rings. The molecule has 1 N–H and O–H groups in total. The number of carbonyl (C=O) groups is 2. The van der Waals surface area contributed by atoms with Crippen molar-refractivity contribution < 1.29 is 14.3 Å². The van der Waals surface area contributed by atoms with Crippen molar-refractivity contribution in [2.75, 3.05) is 26.2 Å². The summed E-state index contributed by atoms with van der Waals surface area (Å²) in [5.41, 5.74) is 3.39. The van der Waals surface area contributed by atoms with Crippen molar-refractivity contribution >= 4 is 11.8 Å². The lowest BCUT2D eigenvalue weighted by atomic mass is 10.0. The third-order valence-corrected chi connectivity index (χ3v) is 5.75. The van der Waals surface area contributed by atoms with Gasteiger partial charge in [-0.25, -0.2) is 0 Å². The maximum absolute atomic E-state index is 13.1. The highest BCUT2D eigenvalue weighted by Gasteiger charge is 2.33. The Morgan fingerprint density at radius 3 is 2.79 bits per heavy atom. The number of hydrogen-bond donors (Lipinski definition) is 1. The third-order valence-electron chi connectivity index (χ3n) is 5.75. The minimum atomic E-state index is -0.449. The molecule has 0 aromatic heterocycles. The van der Waals surface area contributed by atoms with E-state index in [1.54, 1.807) is 4.90 Å². The van der Waals surface area contributed by atoms with Crippen LogP contribution in [0.1, 0.15) is 23.1 Å². The number of nitrogens with zero attached hydrogens (tertiary/aromatic N) is 2. The summed E-state index contributed by atoms with van der Waals surface area (Å²) in [4.78, 5) is 29.7. The molecule has 1 unspecified atom stereocenters. The average molecular weight is 393 g/mol. The number of para-hydroxylation sites is 1. The van der Waals surface area contributed by atoms with Crippen LogP contribution >= 0.6 is 0 Å². The van der Waals surface area contributed by atoms with Crippen LogP contribution in [-0.2, 0) is 22.7 Å². The van der Waals surface area contributed by atoms with E-state index in [-0.39, 0.29) is 18.2 Å². The van der Waals surface area contributed by atoms with E-state index in [0.717, 1.165) is 17.9 Å². The van der Waals surface area contributed by atoms with Gasteiger partial charge in [-0.1, -0.05) is 42.5 Å². The van der Waals surface area contributed by atoms with Crippen LogP contribution in [-0.4, -0.2) is 53.9 Å². The number of aryl methyl sites for hydroxylation is 1. The molecular formula is C23H27N3O3. The Balaban J connectivity index is 1.47. The molecule has 2 aromatic rings. The minimum absolute atomic E-state index is 0.0119. The van der Waals surface area contributed by atoms with Crippen molar-refractivity contribution in [2.45, 2.75) is 32.5 Å². The second kappa shape index (κ2) is 8.66. The van der Waals surface area contributed by atoms with Gasteiger partial charge >= 0.3 is 0 Å². The average Bonchev–Trinajstić information content (AvgIpc) is 2.95. The first kappa shape index (κ1) is 19.5. The first-order valence-corrected chi connectivity index (χ1v) is 10.2. The zero-order chi connectivity index (χ0) is 20.2. The highest BCUT2D eigenvalue weighted by molar-refractivity contribution is 5.89. The molecule has 6 nitrogen and oxygen atoms in total. The van der Waals surface area contributed by atoms with Gasteiger partial charge < -0.3 is 15.0 Å². The van der Waals surface area contributed by atoms with Crippen LogP contribution in [0.5, 0.6) is 5.75 Å². The molecule has 6 heteroatoms. The number of amides is 2. The van der Waals surface area contributed by atoms with Gasteiger partial charge in [-0.05, 0) is 24.1 Å². The zero-order valence-electron chi connectivity index (χ0n) is 16.8. The van der Waals surface area contributed by atoms with E-state index in [1.165, 1.54) is 11.1 Å². The van der Waals surface area contributed by atoms with Crippen molar-refractivity contribution in [1.29, 1.82) is 0 Å². The van der Waals surface area contributed by atoms with Crippen molar-refractivity contribution in [2.24, 2.45) is 0 Å². The molecule has 2 heterocycles. The van der Waals surface area contributed by atoms with Gasteiger partial charge in [0.05, 0.1) is 19.0 Å². The first-order chi connectivity index (χ1) is 14.1. The largest absolute Gasteiger partial charge is 0.491 e. The predicted octanol–water partition coefficient (Wildman–Crippen LogP) is 2.11. The van der Waals surface area contributed by atoms with Crippen LogP contribution in [0.25, 0.3) is 0 Å². The number of benzene rings is 2. The Labute approximate surface area is 171 Å². The molecule has 0 saturated carbocycles. The van der Waals surface area contributed by atoms with Gasteiger partial charge in [-0.3, -0.25) is 14.5 Å². The number of carbonyl (C=O) groups excluding carboxylic acids is 2. The number of nitrogens with one attached hydrogen (secondary N) is 1. The number of rotatable bonds is 4. The van der Waals surface area contributed by atoms with Crippen LogP contribution in [0.2, 0.25) is 0 Å². The minimum Gasteiger partial charge on any atom is -0.491 e. The number of fused-ring (bicyclic) bond motifs is 1. The van der Waals surface area contributed by atoms with E-state index < -0.39 is 6.04 Å². The van der Waals surface area contributed by atoms with Crippen molar-refractivity contribution in [3.8, 4) is 5.75 Å². The van der Waals surface area contributed by atoms with Gasteiger partial charge in [0.1, 0.15) is 12.4 Å². The fourth-order valence-corrected chi connectivity index (χ4v) is 4.01. The predicted molar refractivity (Wildman–Crippen MR) is 110 cm³/mol. The first-order valence-electron chi connectivity index (χ1n) is 10.2. The number of ether oxygens (including phenoxy) is 1. The van der Waals surface area contributed by atoms with Crippen LogP contribution < -0.4 is 10.1 Å². The zero-order valence-corrected chi connectivity index (χ0v) is 16.8. The maximum atomic E-state index is 13.1. The highest BCUT2D eigenvalue weighted by atomic mass is 16.5. The summed E-state index contributed by atoms with van der Waals surface area (Å²) in [6.07, 6.45) is 0.180. The number of piperazine rings is 1. The second-order valence-corrected chi connectivity index (χ2v) is 7.68. The normalized spacial score (nSPS) is 19.7. The van der Waals surface area contributed by atoms with Gasteiger partial charge in [0.2, 0.25) is 11.8 Å². The lowest BCUT2D eigenvalue weighted by molar-refractivity contribution is -0.139. The summed E-state index contributed by atoms with van der Waals surface area (Å²) >= 11 is 0. The topological polar surface area (TPSA) is 61.9 Å². The summed E-state index contributed by atoms with van der Waals surface area (Å²) in [5, 5.41) is 2.92. The lowest BCUT2D eigenvalue weighted by Gasteiger charge is -2.36. The van der Waals surface area contributed by atoms with Gasteiger partial charge in [-0.2, -0.15) is 0 Å². The van der Waals surface area contributed by atoms with E-state index in [9.17, 15) is 9.59 Å². The summed E-state index contributed by atoms with van der Waals surface area (Å²) in [5.74, 6) is 0.756. The second-order valence-electron chi connectivity index (χ2n) is 7.68. The Hall–Kier alpha value is -2.86. The highest BCUT2D eigenvalue weighted by Crippen LogP contribution is 2.24. The molecule has 0 aliphatic carbocycles. The fraction of sp³-hybridized carbons (Fsp3) is 0.391. The van der Waals surface area contributed by atoms with Crippen LogP contribution in [0.4, 0.5) is 0 Å². The molecule has 2 amide bonds. The van der Waals surface area contributed by atoms with Gasteiger partial charge in [0.15, 0.2) is 0 Å². The van der Waals surface area contributed by atoms with Crippen LogP contribution in [0.3, 0.4) is 0 Å². The van der Waals surface area contributed by atoms with Crippen molar-refractivity contribution in [3.05, 3.63) is 65.2 Å². The van der Waals surface area contributed by atoms with Gasteiger partial charge in [-0.15, -0.1) is 0 Å². The van der Waals surface area contributed by atoms with E-state index >= 15 is 0 Å². The molecule has 1 saturated heterocycles. The molecule has 1 atom stereocenters. The molecule has 0 bridgehead atoms. The Bertz CT molecular complexity index is 898. The van der Waals surface area contributed by atoms with Crippen LogP contribution in [0.15, 0.2) is 48.5 Å². The SMILES string of the molecule is Cc1ccccc1CN1CCNC(=O)C1CC(=O)N1CCOc2ccccc2C1. The summed E-state index contributed by atoms with van der Waals surface area (Å²) in [6.45, 7) is 5.61. The van der Waals surface area contributed by atoms with Gasteiger partial charge in [0, 0.05) is 31.7 Å². The van der Waals surface area contributed by atoms with E-state index in [0.29, 0.717) is 32.8 Å². The summed E-state index contributed by atoms with van der Waals surface area (Å²) in [7, 11) is 0. The van der Waals surface area contributed by atoms with Gasteiger partial charge in [0.25, 0.3) is 0 Å². The molecule has 0 radical (unpaired) electrons. The standard InChI is InChI=1S/C23H27N3O3/c1-17-6-2-3-7-18(17)15-25-11-10-24-23(28)20(25)14-22(27)26-12-13-29-21-9-5-4-8-19(21)16-26/h2-9,20H,10-16H2,1H3,(H,24,28). The molecular weight excluding hydrogens is 366 g/mol. The van der Waals surface area contributed by atoms with E-state index in [4.69, 9.17) is 4.74 Å². The summed E-state index contributed by atoms with van der Waals surface area (Å²) in [6, 6.07) is 15.6. The molecule has 2 aliphatic heterocycles. The molecule has 29 heavy (non-hydrogen) atoms. The van der Waals surface area contributed by atoms with Crippen molar-refractivity contribution in [3.63, 3.8) is 0 Å². The molecule has 2 aromatic carbocycles. The summed E-state index contributed by atoms with van der Waals surface area (Å²) < 4.78 is 5.77. The molecule has 4 rings (SSSR count). The number of hydrogen-bond acceptors (Lipinski definition) is 4. The smallest absolute Gasteiger partial charge is 0.237 e. The van der Waals surface area contributed by atoms with Crippen molar-refractivity contribution in [1.82, 2.24) is 15.1 Å². The van der Waals surface area contributed by atoms with Crippen LogP contribution in [0, 0.1) is 6.92 Å². The lowest BCUT2D eigenvalue weighted by Crippen LogP contribution is -2.56. The Kier molecular flexibility index (Phi) is 5.81. The molecule has 152 valence electrons. The quantitative estimate of drug-likeness (QED) is 0.864. The Morgan fingerprint density at radius 1 is 1.14 bits per heavy atom. The van der Waals surface area contributed by atoms with E-state index in [1.807, 2.05) is 36.4 Å². The third kappa shape index (κ3) is 4.43. The fourth-order valence-electron chi connectivity index (χ4n) is 4.01.